The van der Waals surface area contributed by atoms with Crippen LogP contribution in [0.4, 0.5) is 0 Å². The molecule has 0 amide bonds. The molecule has 0 fully saturated rings. The number of fused-ring (bicyclic) bond motifs is 1. The second-order valence-corrected chi connectivity index (χ2v) is 9.30. The summed E-state index contributed by atoms with van der Waals surface area (Å²) >= 11 is 1.29. The van der Waals surface area contributed by atoms with Crippen LogP contribution in [0.1, 0.15) is 44.9 Å². The zero-order valence-corrected chi connectivity index (χ0v) is 21.2. The van der Waals surface area contributed by atoms with Crippen LogP contribution in [0.15, 0.2) is 69.6 Å². The Labute approximate surface area is 207 Å². The molecule has 0 saturated carbocycles. The van der Waals surface area contributed by atoms with E-state index in [9.17, 15) is 9.59 Å². The van der Waals surface area contributed by atoms with Gasteiger partial charge in [-0.15, -0.1) is 0 Å². The van der Waals surface area contributed by atoms with Crippen LogP contribution in [0, 0.1) is 0 Å². The minimum Gasteiger partial charge on any atom is -0.493 e. The summed E-state index contributed by atoms with van der Waals surface area (Å²) in [4.78, 5) is 31.9. The molecule has 182 valence electrons. The molecule has 1 aliphatic heterocycles. The van der Waals surface area contributed by atoms with Crippen molar-refractivity contribution in [2.45, 2.75) is 39.8 Å². The highest BCUT2D eigenvalue weighted by atomic mass is 32.1. The van der Waals surface area contributed by atoms with Crippen LogP contribution < -0.4 is 24.4 Å². The number of carbonyl (C=O) groups excluding carboxylic acids is 1. The molecule has 1 aromatic heterocycles. The van der Waals surface area contributed by atoms with Gasteiger partial charge in [0.1, 0.15) is 0 Å². The molecule has 0 bridgehead atoms. The largest absolute Gasteiger partial charge is 0.493 e. The number of esters is 1. The molecule has 2 aromatic carbocycles. The number of methoxy groups -OCH3 is 1. The Bertz CT molecular complexity index is 1450. The van der Waals surface area contributed by atoms with E-state index in [0.717, 1.165) is 5.56 Å². The first kappa shape index (κ1) is 24.5. The third kappa shape index (κ3) is 4.93. The first-order valence-electron chi connectivity index (χ1n) is 11.4. The van der Waals surface area contributed by atoms with Gasteiger partial charge < -0.3 is 14.2 Å². The molecule has 8 heteroatoms. The maximum Gasteiger partial charge on any atom is 0.338 e. The minimum absolute atomic E-state index is 0.0392. The fraction of sp³-hybridized carbons (Fsp3) is 0.296. The van der Waals surface area contributed by atoms with Gasteiger partial charge >= 0.3 is 5.97 Å². The van der Waals surface area contributed by atoms with Crippen molar-refractivity contribution in [2.24, 2.45) is 4.99 Å². The van der Waals surface area contributed by atoms with Gasteiger partial charge in [0.2, 0.25) is 0 Å². The van der Waals surface area contributed by atoms with E-state index in [1.807, 2.05) is 56.3 Å². The van der Waals surface area contributed by atoms with E-state index < -0.39 is 12.0 Å². The second kappa shape index (κ2) is 10.3. The molecule has 7 nitrogen and oxygen atoms in total. The lowest BCUT2D eigenvalue weighted by Crippen LogP contribution is -2.40. The third-order valence-electron chi connectivity index (χ3n) is 5.48. The van der Waals surface area contributed by atoms with Crippen molar-refractivity contribution in [2.75, 3.05) is 13.7 Å². The molecule has 0 aliphatic carbocycles. The summed E-state index contributed by atoms with van der Waals surface area (Å²) in [6.45, 7) is 7.59. The SMILES string of the molecule is CCOC(=O)C1=C(C)N=c2s/c(=C\c3ccccc3)c(=O)n2[C@@H]1c1ccc(OC(C)C)c(OC)c1. The lowest BCUT2D eigenvalue weighted by atomic mass is 9.95. The number of nitrogens with zero attached hydrogens (tertiary/aromatic N) is 2. The van der Waals surface area contributed by atoms with E-state index in [-0.39, 0.29) is 18.3 Å². The lowest BCUT2D eigenvalue weighted by molar-refractivity contribution is -0.139. The molecule has 0 N–H and O–H groups in total. The van der Waals surface area contributed by atoms with Crippen LogP contribution in [-0.2, 0) is 9.53 Å². The number of aromatic nitrogens is 1. The highest BCUT2D eigenvalue weighted by molar-refractivity contribution is 7.07. The first-order valence-corrected chi connectivity index (χ1v) is 12.2. The van der Waals surface area contributed by atoms with Gasteiger partial charge in [0, 0.05) is 0 Å². The van der Waals surface area contributed by atoms with Crippen LogP contribution in [0.2, 0.25) is 0 Å². The minimum atomic E-state index is -0.717. The van der Waals surface area contributed by atoms with Crippen molar-refractivity contribution in [3.8, 4) is 11.5 Å². The van der Waals surface area contributed by atoms with Crippen LogP contribution >= 0.6 is 11.3 Å². The maximum atomic E-state index is 13.7. The monoisotopic (exact) mass is 492 g/mol. The molecule has 3 aromatic rings. The van der Waals surface area contributed by atoms with E-state index >= 15 is 0 Å². The van der Waals surface area contributed by atoms with Gasteiger partial charge in [-0.25, -0.2) is 9.79 Å². The van der Waals surface area contributed by atoms with Crippen molar-refractivity contribution in [1.82, 2.24) is 4.57 Å². The topological polar surface area (TPSA) is 79.1 Å². The van der Waals surface area contributed by atoms with Crippen molar-refractivity contribution in [3.63, 3.8) is 0 Å². The number of benzene rings is 2. The molecule has 1 atom stereocenters. The van der Waals surface area contributed by atoms with E-state index in [4.69, 9.17) is 14.2 Å². The summed E-state index contributed by atoms with van der Waals surface area (Å²) in [5.74, 6) is 0.596. The molecule has 0 saturated heterocycles. The molecule has 0 unspecified atom stereocenters. The molecule has 2 heterocycles. The Morgan fingerprint density at radius 3 is 2.57 bits per heavy atom. The second-order valence-electron chi connectivity index (χ2n) is 8.29. The Balaban J connectivity index is 1.94. The molecule has 0 radical (unpaired) electrons. The summed E-state index contributed by atoms with van der Waals surface area (Å²) in [5, 5.41) is 0. The zero-order chi connectivity index (χ0) is 25.1. The number of allylic oxidation sites excluding steroid dienone is 1. The molecule has 0 spiro atoms. The average molecular weight is 493 g/mol. The van der Waals surface area contributed by atoms with Crippen LogP contribution in [0.3, 0.4) is 0 Å². The molecule has 1 aliphatic rings. The number of rotatable bonds is 7. The number of hydrogen-bond donors (Lipinski definition) is 0. The highest BCUT2D eigenvalue weighted by Gasteiger charge is 2.34. The molecule has 4 rings (SSSR count). The van der Waals surface area contributed by atoms with Gasteiger partial charge in [-0.05, 0) is 57.0 Å². The van der Waals surface area contributed by atoms with Crippen molar-refractivity contribution in [3.05, 3.63) is 90.6 Å². The average Bonchev–Trinajstić information content (AvgIpc) is 3.13. The number of ether oxygens (including phenoxy) is 3. The fourth-order valence-corrected chi connectivity index (χ4v) is 5.06. The predicted octanol–water partition coefficient (Wildman–Crippen LogP) is 3.59. The highest BCUT2D eigenvalue weighted by Crippen LogP contribution is 2.36. The van der Waals surface area contributed by atoms with Crippen molar-refractivity contribution >= 4 is 23.4 Å². The summed E-state index contributed by atoms with van der Waals surface area (Å²) < 4.78 is 18.9. The van der Waals surface area contributed by atoms with Gasteiger partial charge in [0.05, 0.1) is 41.7 Å². The predicted molar refractivity (Wildman–Crippen MR) is 136 cm³/mol. The van der Waals surface area contributed by atoms with E-state index in [2.05, 4.69) is 4.99 Å². The van der Waals surface area contributed by atoms with Crippen LogP contribution in [0.5, 0.6) is 11.5 Å². The standard InChI is InChI=1S/C27H28N2O5S/c1-6-33-26(31)23-17(4)28-27-29(25(30)22(35-27)14-18-10-8-7-9-11-18)24(23)19-12-13-20(34-16(2)3)21(15-19)32-5/h7-16,24H,6H2,1-5H3/b22-14-/t24-/m1/s1. The smallest absolute Gasteiger partial charge is 0.338 e. The molecular formula is C27H28N2O5S. The van der Waals surface area contributed by atoms with E-state index in [1.165, 1.54) is 11.3 Å². The Morgan fingerprint density at radius 1 is 1.17 bits per heavy atom. The van der Waals surface area contributed by atoms with Gasteiger partial charge in [0.25, 0.3) is 5.56 Å². The first-order chi connectivity index (χ1) is 16.8. The summed E-state index contributed by atoms with van der Waals surface area (Å²) in [5.41, 5.74) is 2.22. The van der Waals surface area contributed by atoms with E-state index in [1.54, 1.807) is 37.7 Å². The number of carbonyl (C=O) groups is 1. The van der Waals surface area contributed by atoms with Crippen molar-refractivity contribution < 1.29 is 19.0 Å². The van der Waals surface area contributed by atoms with Gasteiger partial charge in [-0.2, -0.15) is 0 Å². The quantitative estimate of drug-likeness (QED) is 0.471. The lowest BCUT2D eigenvalue weighted by Gasteiger charge is -2.25. The zero-order valence-electron chi connectivity index (χ0n) is 20.4. The Kier molecular flexibility index (Phi) is 7.21. The Hall–Kier alpha value is -3.65. The fourth-order valence-electron chi connectivity index (χ4n) is 4.01. The van der Waals surface area contributed by atoms with Gasteiger partial charge in [-0.1, -0.05) is 47.7 Å². The molecular weight excluding hydrogens is 464 g/mol. The summed E-state index contributed by atoms with van der Waals surface area (Å²) in [6.07, 6.45) is 1.80. The third-order valence-corrected chi connectivity index (χ3v) is 6.46. The van der Waals surface area contributed by atoms with Crippen molar-refractivity contribution in [1.29, 1.82) is 0 Å². The molecule has 35 heavy (non-hydrogen) atoms. The maximum absolute atomic E-state index is 13.7. The normalized spacial score (nSPS) is 15.6. The summed E-state index contributed by atoms with van der Waals surface area (Å²) in [6, 6.07) is 14.4. The van der Waals surface area contributed by atoms with E-state index in [0.29, 0.717) is 37.7 Å². The number of hydrogen-bond acceptors (Lipinski definition) is 7. The van der Waals surface area contributed by atoms with Gasteiger partial charge in [0.15, 0.2) is 16.3 Å². The Morgan fingerprint density at radius 2 is 1.91 bits per heavy atom. The summed E-state index contributed by atoms with van der Waals surface area (Å²) in [7, 11) is 1.56. The van der Waals surface area contributed by atoms with Gasteiger partial charge in [-0.3, -0.25) is 9.36 Å². The number of thiazole rings is 1. The van der Waals surface area contributed by atoms with Crippen LogP contribution in [-0.4, -0.2) is 30.4 Å². The van der Waals surface area contributed by atoms with Crippen LogP contribution in [0.25, 0.3) is 6.08 Å².